The molecular weight excluding hydrogens is 240 g/mol. The largest absolute Gasteiger partial charge is 0.442 e. The Balaban J connectivity index is 2.52. The van der Waals surface area contributed by atoms with Gasteiger partial charge in [0.2, 0.25) is 0 Å². The van der Waals surface area contributed by atoms with E-state index in [1.54, 1.807) is 0 Å². The van der Waals surface area contributed by atoms with Gasteiger partial charge in [0.05, 0.1) is 11.2 Å². The molecule has 102 valence electrons. The predicted octanol–water partition coefficient (Wildman–Crippen LogP) is 3.69. The smallest absolute Gasteiger partial charge is 0.435 e. The number of carbonyl (C=O) groups excluding carboxylic acids is 1. The molecule has 0 aliphatic carbocycles. The lowest BCUT2D eigenvalue weighted by Gasteiger charge is -2.19. The summed E-state index contributed by atoms with van der Waals surface area (Å²) in [6.45, 7) is 9.61. The second kappa shape index (κ2) is 4.68. The Morgan fingerprint density at radius 1 is 1.37 bits per heavy atom. The molecular formula is C15H20N2O2. The molecule has 1 aromatic heterocycles. The number of rotatable bonds is 1. The van der Waals surface area contributed by atoms with Gasteiger partial charge in [-0.15, -0.1) is 0 Å². The molecule has 2 aromatic rings. The van der Waals surface area contributed by atoms with Gasteiger partial charge >= 0.3 is 6.09 Å². The van der Waals surface area contributed by atoms with E-state index in [2.05, 4.69) is 11.2 Å². The van der Waals surface area contributed by atoms with E-state index in [-0.39, 0.29) is 0 Å². The maximum absolute atomic E-state index is 12.2. The van der Waals surface area contributed by atoms with E-state index in [4.69, 9.17) is 4.74 Å². The second-order valence-corrected chi connectivity index (χ2v) is 5.71. The highest BCUT2D eigenvalue weighted by atomic mass is 16.6. The van der Waals surface area contributed by atoms with Gasteiger partial charge < -0.3 is 4.74 Å². The van der Waals surface area contributed by atoms with Crippen LogP contribution in [0.3, 0.4) is 0 Å². The van der Waals surface area contributed by atoms with Gasteiger partial charge in [0.25, 0.3) is 0 Å². The number of fused-ring (bicyclic) bond motifs is 1. The molecule has 0 saturated heterocycles. The monoisotopic (exact) mass is 260 g/mol. The lowest BCUT2D eigenvalue weighted by atomic mass is 10.1. The molecule has 0 unspecified atom stereocenters. The first-order chi connectivity index (χ1) is 8.81. The van der Waals surface area contributed by atoms with E-state index < -0.39 is 11.7 Å². The number of carbonyl (C=O) groups is 1. The summed E-state index contributed by atoms with van der Waals surface area (Å²) in [5, 5.41) is 5.40. The summed E-state index contributed by atoms with van der Waals surface area (Å²) < 4.78 is 6.74. The first kappa shape index (κ1) is 13.6. The molecule has 0 aliphatic rings. The predicted molar refractivity (Wildman–Crippen MR) is 75.5 cm³/mol. The van der Waals surface area contributed by atoms with Crippen LogP contribution in [0.15, 0.2) is 18.2 Å². The number of nitrogens with zero attached hydrogens (tertiary/aromatic N) is 2. The van der Waals surface area contributed by atoms with Crippen molar-refractivity contribution in [2.75, 3.05) is 0 Å². The Kier molecular flexibility index (Phi) is 3.35. The van der Waals surface area contributed by atoms with E-state index >= 15 is 0 Å². The Morgan fingerprint density at radius 3 is 2.63 bits per heavy atom. The summed E-state index contributed by atoms with van der Waals surface area (Å²) in [7, 11) is 0. The Labute approximate surface area is 113 Å². The highest BCUT2D eigenvalue weighted by molar-refractivity contribution is 5.90. The normalized spacial score (nSPS) is 11.8. The lowest BCUT2D eigenvalue weighted by molar-refractivity contribution is 0.0522. The van der Waals surface area contributed by atoms with E-state index in [0.717, 1.165) is 28.6 Å². The molecule has 0 spiro atoms. The van der Waals surface area contributed by atoms with Crippen molar-refractivity contribution >= 4 is 17.0 Å². The highest BCUT2D eigenvalue weighted by Crippen LogP contribution is 2.22. The fraction of sp³-hybridized carbons (Fsp3) is 0.467. The Hall–Kier alpha value is -1.84. The van der Waals surface area contributed by atoms with Gasteiger partial charge in [-0.2, -0.15) is 9.78 Å². The topological polar surface area (TPSA) is 44.1 Å². The molecule has 0 fully saturated rings. The zero-order valence-electron chi connectivity index (χ0n) is 12.2. The number of aryl methyl sites for hydroxylation is 2. The molecule has 4 heteroatoms. The van der Waals surface area contributed by atoms with Crippen molar-refractivity contribution in [3.63, 3.8) is 0 Å². The summed E-state index contributed by atoms with van der Waals surface area (Å²) in [5.41, 5.74) is 2.36. The van der Waals surface area contributed by atoms with Crippen LogP contribution in [0, 0.1) is 6.92 Å². The SMILES string of the molecule is CCc1nn(C(=O)OC(C)(C)C)c2ccc(C)cc12. The Morgan fingerprint density at radius 2 is 2.05 bits per heavy atom. The summed E-state index contributed by atoms with van der Waals surface area (Å²) in [5.74, 6) is 0. The van der Waals surface area contributed by atoms with Crippen LogP contribution in [-0.4, -0.2) is 21.5 Å². The maximum Gasteiger partial charge on any atom is 0.435 e. The van der Waals surface area contributed by atoms with Crippen molar-refractivity contribution in [3.8, 4) is 0 Å². The summed E-state index contributed by atoms with van der Waals surface area (Å²) in [6, 6.07) is 5.95. The third-order valence-electron chi connectivity index (χ3n) is 2.81. The third kappa shape index (κ3) is 2.78. The molecule has 19 heavy (non-hydrogen) atoms. The molecule has 0 N–H and O–H groups in total. The second-order valence-electron chi connectivity index (χ2n) is 5.71. The van der Waals surface area contributed by atoms with Crippen LogP contribution in [0.25, 0.3) is 10.9 Å². The van der Waals surface area contributed by atoms with Crippen LogP contribution in [0.4, 0.5) is 4.79 Å². The van der Waals surface area contributed by atoms with E-state index in [1.807, 2.05) is 46.8 Å². The molecule has 0 bridgehead atoms. The number of hydrogen-bond donors (Lipinski definition) is 0. The van der Waals surface area contributed by atoms with Crippen molar-refractivity contribution in [3.05, 3.63) is 29.5 Å². The van der Waals surface area contributed by atoms with Gasteiger partial charge in [0, 0.05) is 5.39 Å². The zero-order chi connectivity index (χ0) is 14.2. The minimum absolute atomic E-state index is 0.430. The molecule has 1 heterocycles. The first-order valence-electron chi connectivity index (χ1n) is 6.53. The molecule has 2 rings (SSSR count). The number of benzene rings is 1. The van der Waals surface area contributed by atoms with Crippen molar-refractivity contribution in [2.45, 2.75) is 46.6 Å². The average molecular weight is 260 g/mol. The standard InChI is InChI=1S/C15H20N2O2/c1-6-12-11-9-10(2)7-8-13(11)17(16-12)14(18)19-15(3,4)5/h7-9H,6H2,1-5H3. The van der Waals surface area contributed by atoms with E-state index in [9.17, 15) is 4.79 Å². The Bertz CT molecular complexity index is 621. The first-order valence-corrected chi connectivity index (χ1v) is 6.53. The van der Waals surface area contributed by atoms with Crippen LogP contribution < -0.4 is 0 Å². The van der Waals surface area contributed by atoms with Gasteiger partial charge in [-0.3, -0.25) is 0 Å². The van der Waals surface area contributed by atoms with E-state index in [0.29, 0.717) is 0 Å². The molecule has 0 radical (unpaired) electrons. The summed E-state index contributed by atoms with van der Waals surface area (Å²) in [4.78, 5) is 12.2. The third-order valence-corrected chi connectivity index (χ3v) is 2.81. The van der Waals surface area contributed by atoms with Crippen molar-refractivity contribution in [2.24, 2.45) is 0 Å². The van der Waals surface area contributed by atoms with Crippen LogP contribution >= 0.6 is 0 Å². The number of ether oxygens (including phenoxy) is 1. The van der Waals surface area contributed by atoms with Crippen LogP contribution in [0.1, 0.15) is 39.0 Å². The fourth-order valence-corrected chi connectivity index (χ4v) is 2.00. The van der Waals surface area contributed by atoms with Crippen LogP contribution in [0.2, 0.25) is 0 Å². The fourth-order valence-electron chi connectivity index (χ4n) is 2.00. The van der Waals surface area contributed by atoms with Crippen LogP contribution in [0.5, 0.6) is 0 Å². The molecule has 4 nitrogen and oxygen atoms in total. The quantitative estimate of drug-likeness (QED) is 0.785. The minimum atomic E-state index is -0.521. The summed E-state index contributed by atoms with van der Waals surface area (Å²) >= 11 is 0. The highest BCUT2D eigenvalue weighted by Gasteiger charge is 2.21. The molecule has 0 saturated carbocycles. The van der Waals surface area contributed by atoms with Crippen LogP contribution in [-0.2, 0) is 11.2 Å². The van der Waals surface area contributed by atoms with Gasteiger partial charge in [-0.25, -0.2) is 4.79 Å². The minimum Gasteiger partial charge on any atom is -0.442 e. The molecule has 0 aliphatic heterocycles. The van der Waals surface area contributed by atoms with Crippen molar-refractivity contribution < 1.29 is 9.53 Å². The molecule has 0 atom stereocenters. The number of hydrogen-bond acceptors (Lipinski definition) is 3. The number of aromatic nitrogens is 2. The van der Waals surface area contributed by atoms with Gasteiger partial charge in [0.1, 0.15) is 5.60 Å². The molecule has 1 aromatic carbocycles. The van der Waals surface area contributed by atoms with Gasteiger partial charge in [-0.1, -0.05) is 18.6 Å². The van der Waals surface area contributed by atoms with E-state index in [1.165, 1.54) is 4.68 Å². The zero-order valence-corrected chi connectivity index (χ0v) is 12.2. The van der Waals surface area contributed by atoms with Gasteiger partial charge in [-0.05, 0) is 46.2 Å². The summed E-state index contributed by atoms with van der Waals surface area (Å²) in [6.07, 6.45) is 0.358. The van der Waals surface area contributed by atoms with Crippen molar-refractivity contribution in [1.82, 2.24) is 9.78 Å². The molecule has 0 amide bonds. The van der Waals surface area contributed by atoms with Gasteiger partial charge in [0.15, 0.2) is 0 Å². The average Bonchev–Trinajstić information content (AvgIpc) is 2.64. The maximum atomic E-state index is 12.2. The lowest BCUT2D eigenvalue weighted by Crippen LogP contribution is -2.27. The van der Waals surface area contributed by atoms with Crippen molar-refractivity contribution in [1.29, 1.82) is 0 Å².